The van der Waals surface area contributed by atoms with Crippen LogP contribution in [0.5, 0.6) is 5.75 Å². The van der Waals surface area contributed by atoms with Crippen LogP contribution >= 0.6 is 0 Å². The van der Waals surface area contributed by atoms with Gasteiger partial charge in [0.2, 0.25) is 0 Å². The van der Waals surface area contributed by atoms with Gasteiger partial charge in [-0.1, -0.05) is 17.3 Å². The first-order chi connectivity index (χ1) is 9.20. The lowest BCUT2D eigenvalue weighted by molar-refractivity contribution is 0.0944. The average Bonchev–Trinajstić information content (AvgIpc) is 2.86. The molecule has 0 atom stereocenters. The van der Waals surface area contributed by atoms with E-state index >= 15 is 0 Å². The predicted molar refractivity (Wildman–Crippen MR) is 68.1 cm³/mol. The second-order valence-electron chi connectivity index (χ2n) is 4.05. The molecule has 0 unspecified atom stereocenters. The Hall–Kier alpha value is -2.37. The molecule has 1 amide bonds. The number of benzene rings is 1. The largest absolute Gasteiger partial charge is 0.497 e. The lowest BCUT2D eigenvalue weighted by atomic mass is 10.1. The molecule has 0 spiro atoms. The molecule has 0 aliphatic carbocycles. The molecule has 1 aromatic carbocycles. The highest BCUT2D eigenvalue weighted by Gasteiger charge is 2.13. The maximum atomic E-state index is 11.7. The molecule has 0 bridgehead atoms. The van der Waals surface area contributed by atoms with Crippen LogP contribution < -0.4 is 10.1 Å². The van der Waals surface area contributed by atoms with E-state index in [1.54, 1.807) is 14.0 Å². The zero-order valence-electron chi connectivity index (χ0n) is 10.8. The Balaban J connectivity index is 1.83. The molecule has 2 rings (SSSR count). The fraction of sp³-hybridized carbons (Fsp3) is 0.308. The zero-order valence-corrected chi connectivity index (χ0v) is 10.8. The van der Waals surface area contributed by atoms with Crippen molar-refractivity contribution in [1.29, 1.82) is 0 Å². The van der Waals surface area contributed by atoms with E-state index in [-0.39, 0.29) is 11.6 Å². The van der Waals surface area contributed by atoms with Gasteiger partial charge in [0.15, 0.2) is 5.69 Å². The smallest absolute Gasteiger partial charge is 0.275 e. The van der Waals surface area contributed by atoms with E-state index in [1.165, 1.54) is 0 Å². The van der Waals surface area contributed by atoms with Gasteiger partial charge >= 0.3 is 0 Å². The maximum Gasteiger partial charge on any atom is 0.275 e. The summed E-state index contributed by atoms with van der Waals surface area (Å²) in [4.78, 5) is 11.7. The first kappa shape index (κ1) is 13.1. The maximum absolute atomic E-state index is 11.7. The number of nitrogens with zero attached hydrogens (tertiary/aromatic N) is 2. The molecule has 0 radical (unpaired) electrons. The first-order valence-corrected chi connectivity index (χ1v) is 5.91. The van der Waals surface area contributed by atoms with Crippen molar-refractivity contribution < 1.29 is 14.2 Å². The van der Waals surface area contributed by atoms with Crippen LogP contribution in [0.25, 0.3) is 0 Å². The summed E-state index contributed by atoms with van der Waals surface area (Å²) in [7, 11) is 1.63. The zero-order chi connectivity index (χ0) is 13.7. The van der Waals surface area contributed by atoms with Crippen LogP contribution in [-0.4, -0.2) is 29.9 Å². The van der Waals surface area contributed by atoms with Crippen LogP contribution in [0.3, 0.4) is 0 Å². The van der Waals surface area contributed by atoms with E-state index in [2.05, 4.69) is 20.3 Å². The number of hydrogen-bond acceptors (Lipinski definition) is 5. The van der Waals surface area contributed by atoms with Gasteiger partial charge in [-0.3, -0.25) is 4.79 Å². The SMILES string of the molecule is COc1ccc(CCNC(=O)c2nonc2C)cc1. The van der Waals surface area contributed by atoms with Gasteiger partial charge in [0.1, 0.15) is 11.4 Å². The molecule has 6 nitrogen and oxygen atoms in total. The number of carbonyl (C=O) groups excluding carboxylic acids is 1. The van der Waals surface area contributed by atoms with E-state index in [0.29, 0.717) is 12.2 Å². The molecule has 0 fully saturated rings. The van der Waals surface area contributed by atoms with Gasteiger partial charge in [-0.25, -0.2) is 4.63 Å². The molecule has 2 aromatic rings. The molecule has 1 aromatic heterocycles. The Morgan fingerprint density at radius 2 is 2.05 bits per heavy atom. The minimum absolute atomic E-state index is 0.231. The topological polar surface area (TPSA) is 77.2 Å². The number of carbonyl (C=O) groups is 1. The quantitative estimate of drug-likeness (QED) is 0.879. The minimum Gasteiger partial charge on any atom is -0.497 e. The summed E-state index contributed by atoms with van der Waals surface area (Å²) in [5, 5.41) is 9.88. The molecule has 0 aliphatic heterocycles. The monoisotopic (exact) mass is 261 g/mol. The van der Waals surface area contributed by atoms with Crippen molar-refractivity contribution in [3.63, 3.8) is 0 Å². The van der Waals surface area contributed by atoms with Gasteiger partial charge in [-0.2, -0.15) is 0 Å². The summed E-state index contributed by atoms with van der Waals surface area (Å²) in [6.45, 7) is 2.20. The lowest BCUT2D eigenvalue weighted by Gasteiger charge is -2.04. The van der Waals surface area contributed by atoms with E-state index < -0.39 is 0 Å². The molecule has 1 heterocycles. The number of hydrogen-bond donors (Lipinski definition) is 1. The number of nitrogens with one attached hydrogen (secondary N) is 1. The molecular weight excluding hydrogens is 246 g/mol. The average molecular weight is 261 g/mol. The summed E-state index contributed by atoms with van der Waals surface area (Å²) in [5.74, 6) is 0.546. The van der Waals surface area contributed by atoms with Crippen LogP contribution in [-0.2, 0) is 6.42 Å². The second kappa shape index (κ2) is 5.99. The highest BCUT2D eigenvalue weighted by molar-refractivity contribution is 5.92. The Labute approximate surface area is 110 Å². The second-order valence-corrected chi connectivity index (χ2v) is 4.05. The number of ether oxygens (including phenoxy) is 1. The van der Waals surface area contributed by atoms with Gasteiger partial charge in [0.05, 0.1) is 7.11 Å². The summed E-state index contributed by atoms with van der Waals surface area (Å²) in [6.07, 6.45) is 0.736. The molecule has 1 N–H and O–H groups in total. The molecule has 0 saturated carbocycles. The van der Waals surface area contributed by atoms with E-state index in [9.17, 15) is 4.79 Å². The third-order valence-corrected chi connectivity index (χ3v) is 2.73. The van der Waals surface area contributed by atoms with Crippen molar-refractivity contribution >= 4 is 5.91 Å². The summed E-state index contributed by atoms with van der Waals surface area (Å²) in [5.41, 5.74) is 1.84. The van der Waals surface area contributed by atoms with Crippen LogP contribution in [0.2, 0.25) is 0 Å². The molecule has 100 valence electrons. The minimum atomic E-state index is -0.271. The third-order valence-electron chi connectivity index (χ3n) is 2.73. The van der Waals surface area contributed by atoms with Crippen LogP contribution in [0.1, 0.15) is 21.7 Å². The summed E-state index contributed by atoms with van der Waals surface area (Å²) < 4.78 is 9.56. The molecule has 0 aliphatic rings. The van der Waals surface area contributed by atoms with E-state index in [4.69, 9.17) is 4.74 Å². The Kier molecular flexibility index (Phi) is 4.12. The van der Waals surface area contributed by atoms with Gasteiger partial charge in [-0.05, 0) is 36.2 Å². The van der Waals surface area contributed by atoms with Crippen molar-refractivity contribution in [1.82, 2.24) is 15.6 Å². The number of aromatic nitrogens is 2. The summed E-state index contributed by atoms with van der Waals surface area (Å²) in [6, 6.07) is 7.72. The van der Waals surface area contributed by atoms with Crippen molar-refractivity contribution in [2.24, 2.45) is 0 Å². The van der Waals surface area contributed by atoms with E-state index in [0.717, 1.165) is 17.7 Å². The fourth-order valence-electron chi connectivity index (χ4n) is 1.63. The lowest BCUT2D eigenvalue weighted by Crippen LogP contribution is -2.26. The molecular formula is C13H15N3O3. The third kappa shape index (κ3) is 3.31. The summed E-state index contributed by atoms with van der Waals surface area (Å²) >= 11 is 0. The van der Waals surface area contributed by atoms with Crippen LogP contribution in [0, 0.1) is 6.92 Å². The predicted octanol–water partition coefficient (Wildman–Crippen LogP) is 1.36. The number of methoxy groups -OCH3 is 1. The molecule has 0 saturated heterocycles. The van der Waals surface area contributed by atoms with E-state index in [1.807, 2.05) is 24.3 Å². The van der Waals surface area contributed by atoms with Gasteiger partial charge in [0, 0.05) is 6.54 Å². The van der Waals surface area contributed by atoms with Gasteiger partial charge < -0.3 is 10.1 Å². The highest BCUT2D eigenvalue weighted by Crippen LogP contribution is 2.11. The Morgan fingerprint density at radius 3 is 2.63 bits per heavy atom. The highest BCUT2D eigenvalue weighted by atomic mass is 16.6. The normalized spacial score (nSPS) is 10.2. The molecule has 19 heavy (non-hydrogen) atoms. The number of rotatable bonds is 5. The van der Waals surface area contributed by atoms with Crippen molar-refractivity contribution in [2.45, 2.75) is 13.3 Å². The van der Waals surface area contributed by atoms with Crippen molar-refractivity contribution in [3.8, 4) is 5.75 Å². The van der Waals surface area contributed by atoms with Crippen LogP contribution in [0.4, 0.5) is 0 Å². The standard InChI is InChI=1S/C13H15N3O3/c1-9-12(16-19-15-9)13(17)14-8-7-10-3-5-11(18-2)6-4-10/h3-6H,7-8H2,1-2H3,(H,14,17). The van der Waals surface area contributed by atoms with Gasteiger partial charge in [0.25, 0.3) is 5.91 Å². The fourth-order valence-corrected chi connectivity index (χ4v) is 1.63. The molecule has 6 heteroatoms. The number of aryl methyl sites for hydroxylation is 1. The van der Waals surface area contributed by atoms with Crippen molar-refractivity contribution in [2.75, 3.05) is 13.7 Å². The first-order valence-electron chi connectivity index (χ1n) is 5.91. The van der Waals surface area contributed by atoms with Crippen LogP contribution in [0.15, 0.2) is 28.9 Å². The number of amides is 1. The Morgan fingerprint density at radius 1 is 1.32 bits per heavy atom. The Bertz CT molecular complexity index is 549. The van der Waals surface area contributed by atoms with Crippen molar-refractivity contribution in [3.05, 3.63) is 41.2 Å². The van der Waals surface area contributed by atoms with Gasteiger partial charge in [-0.15, -0.1) is 0 Å².